The zero-order chi connectivity index (χ0) is 10.7. The van der Waals surface area contributed by atoms with E-state index in [0.29, 0.717) is 0 Å². The molecule has 0 radical (unpaired) electrons. The first kappa shape index (κ1) is 10.3. The Bertz CT molecular complexity index is 408. The molecule has 1 aromatic carbocycles. The highest BCUT2D eigenvalue weighted by atomic mass is 79.9. The Morgan fingerprint density at radius 3 is 2.53 bits per heavy atom. The van der Waals surface area contributed by atoms with E-state index in [9.17, 15) is 0 Å². The van der Waals surface area contributed by atoms with Crippen LogP contribution in [-0.4, -0.2) is 0 Å². The maximum absolute atomic E-state index is 5.32. The molecule has 1 atom stereocenters. The highest BCUT2D eigenvalue weighted by molar-refractivity contribution is 9.10. The molecule has 78 valence electrons. The van der Waals surface area contributed by atoms with Gasteiger partial charge in [0, 0.05) is 10.2 Å². The highest BCUT2D eigenvalue weighted by Gasteiger charge is 2.06. The van der Waals surface area contributed by atoms with Crippen molar-refractivity contribution in [3.8, 4) is 0 Å². The fraction of sp³-hybridized carbons (Fsp3) is 0.167. The molecule has 1 aromatic heterocycles. The standard InChI is InChI=1S/C12H12BrNO/c1-9(12-3-2-8-15-12)14-11-6-4-10(13)5-7-11/h2-9,14H,1H3/t9-/m1/s1. The summed E-state index contributed by atoms with van der Waals surface area (Å²) in [5, 5.41) is 3.36. The van der Waals surface area contributed by atoms with E-state index in [4.69, 9.17) is 4.42 Å². The molecule has 2 nitrogen and oxygen atoms in total. The molecule has 2 rings (SSSR count). The van der Waals surface area contributed by atoms with Gasteiger partial charge in [-0.1, -0.05) is 15.9 Å². The highest BCUT2D eigenvalue weighted by Crippen LogP contribution is 2.20. The van der Waals surface area contributed by atoms with E-state index >= 15 is 0 Å². The van der Waals surface area contributed by atoms with E-state index in [-0.39, 0.29) is 6.04 Å². The average Bonchev–Trinajstić information content (AvgIpc) is 2.74. The quantitative estimate of drug-likeness (QED) is 0.899. The molecule has 0 fully saturated rings. The molecule has 0 unspecified atom stereocenters. The van der Waals surface area contributed by atoms with Gasteiger partial charge in [0.1, 0.15) is 5.76 Å². The number of benzene rings is 1. The number of hydrogen-bond donors (Lipinski definition) is 1. The molecule has 0 saturated heterocycles. The van der Waals surface area contributed by atoms with Crippen molar-refractivity contribution in [1.29, 1.82) is 0 Å². The van der Waals surface area contributed by atoms with Crippen LogP contribution in [0.2, 0.25) is 0 Å². The second-order valence-electron chi connectivity index (χ2n) is 3.39. The van der Waals surface area contributed by atoms with Crippen LogP contribution in [0.25, 0.3) is 0 Å². The number of rotatable bonds is 3. The summed E-state index contributed by atoms with van der Waals surface area (Å²) in [5.74, 6) is 0.943. The van der Waals surface area contributed by atoms with Gasteiger partial charge in [-0.15, -0.1) is 0 Å². The minimum absolute atomic E-state index is 0.182. The first-order chi connectivity index (χ1) is 7.25. The van der Waals surface area contributed by atoms with Crippen LogP contribution in [-0.2, 0) is 0 Å². The Kier molecular flexibility index (Phi) is 3.11. The van der Waals surface area contributed by atoms with Crippen molar-refractivity contribution in [2.75, 3.05) is 5.32 Å². The summed E-state index contributed by atoms with van der Waals surface area (Å²) in [6, 6.07) is 12.1. The zero-order valence-electron chi connectivity index (χ0n) is 8.41. The largest absolute Gasteiger partial charge is 0.467 e. The summed E-state index contributed by atoms with van der Waals surface area (Å²) in [6.07, 6.45) is 1.69. The van der Waals surface area contributed by atoms with Gasteiger partial charge < -0.3 is 9.73 Å². The van der Waals surface area contributed by atoms with Gasteiger partial charge in [0.2, 0.25) is 0 Å². The second kappa shape index (κ2) is 4.53. The lowest BCUT2D eigenvalue weighted by Gasteiger charge is -2.12. The van der Waals surface area contributed by atoms with Gasteiger partial charge >= 0.3 is 0 Å². The van der Waals surface area contributed by atoms with Crippen molar-refractivity contribution >= 4 is 21.6 Å². The monoisotopic (exact) mass is 265 g/mol. The fourth-order valence-corrected chi connectivity index (χ4v) is 1.67. The molecule has 0 aliphatic heterocycles. The molecule has 15 heavy (non-hydrogen) atoms. The number of furan rings is 1. The third kappa shape index (κ3) is 2.63. The van der Waals surface area contributed by atoms with E-state index in [0.717, 1.165) is 15.9 Å². The van der Waals surface area contributed by atoms with Crippen molar-refractivity contribution in [3.63, 3.8) is 0 Å². The molecule has 0 aliphatic rings. The first-order valence-corrected chi connectivity index (χ1v) is 5.60. The Balaban J connectivity index is 2.06. The van der Waals surface area contributed by atoms with E-state index in [1.807, 2.05) is 36.4 Å². The van der Waals surface area contributed by atoms with E-state index in [1.165, 1.54) is 0 Å². The summed E-state index contributed by atoms with van der Waals surface area (Å²) in [7, 11) is 0. The maximum atomic E-state index is 5.32. The predicted octanol–water partition coefficient (Wildman–Crippen LogP) is 4.22. The zero-order valence-corrected chi connectivity index (χ0v) is 9.99. The third-order valence-corrected chi connectivity index (χ3v) is 2.73. The average molecular weight is 266 g/mol. The van der Waals surface area contributed by atoms with Crippen LogP contribution in [0.15, 0.2) is 51.6 Å². The Hall–Kier alpha value is -1.22. The number of nitrogens with one attached hydrogen (secondary N) is 1. The molecule has 2 aromatic rings. The topological polar surface area (TPSA) is 25.2 Å². The van der Waals surface area contributed by atoms with Crippen LogP contribution in [0, 0.1) is 0 Å². The van der Waals surface area contributed by atoms with Gasteiger partial charge in [0.15, 0.2) is 0 Å². The minimum Gasteiger partial charge on any atom is -0.467 e. The number of anilines is 1. The lowest BCUT2D eigenvalue weighted by Crippen LogP contribution is -2.04. The molecule has 3 heteroatoms. The Labute approximate surface area is 97.4 Å². The van der Waals surface area contributed by atoms with E-state index < -0.39 is 0 Å². The van der Waals surface area contributed by atoms with Crippen LogP contribution in [0.5, 0.6) is 0 Å². The van der Waals surface area contributed by atoms with Crippen LogP contribution >= 0.6 is 15.9 Å². The summed E-state index contributed by atoms with van der Waals surface area (Å²) in [6.45, 7) is 2.07. The van der Waals surface area contributed by atoms with Gasteiger partial charge in [0.05, 0.1) is 12.3 Å². The lowest BCUT2D eigenvalue weighted by atomic mass is 10.2. The van der Waals surface area contributed by atoms with Crippen LogP contribution in [0.1, 0.15) is 18.7 Å². The molecule has 0 aliphatic carbocycles. The van der Waals surface area contributed by atoms with Crippen molar-refractivity contribution in [2.24, 2.45) is 0 Å². The molecular formula is C12H12BrNO. The SMILES string of the molecule is C[C@@H](Nc1ccc(Br)cc1)c1ccco1. The summed E-state index contributed by atoms with van der Waals surface area (Å²) < 4.78 is 6.40. The predicted molar refractivity (Wildman–Crippen MR) is 64.9 cm³/mol. The summed E-state index contributed by atoms with van der Waals surface area (Å²) in [4.78, 5) is 0. The van der Waals surface area contributed by atoms with E-state index in [2.05, 4.69) is 28.2 Å². The van der Waals surface area contributed by atoms with Gasteiger partial charge in [-0.2, -0.15) is 0 Å². The van der Waals surface area contributed by atoms with E-state index in [1.54, 1.807) is 6.26 Å². The normalized spacial score (nSPS) is 12.4. The summed E-state index contributed by atoms with van der Waals surface area (Å²) in [5.41, 5.74) is 1.09. The molecular weight excluding hydrogens is 254 g/mol. The van der Waals surface area contributed by atoms with Crippen LogP contribution in [0.3, 0.4) is 0 Å². The van der Waals surface area contributed by atoms with Crippen molar-refractivity contribution < 1.29 is 4.42 Å². The van der Waals surface area contributed by atoms with Gasteiger partial charge in [-0.25, -0.2) is 0 Å². The summed E-state index contributed by atoms with van der Waals surface area (Å²) >= 11 is 3.40. The van der Waals surface area contributed by atoms with Crippen LogP contribution in [0.4, 0.5) is 5.69 Å². The number of hydrogen-bond acceptors (Lipinski definition) is 2. The first-order valence-electron chi connectivity index (χ1n) is 4.81. The Morgan fingerprint density at radius 2 is 1.93 bits per heavy atom. The van der Waals surface area contributed by atoms with Gasteiger partial charge in [0.25, 0.3) is 0 Å². The second-order valence-corrected chi connectivity index (χ2v) is 4.30. The molecule has 1 N–H and O–H groups in total. The van der Waals surface area contributed by atoms with Crippen molar-refractivity contribution in [3.05, 3.63) is 52.9 Å². The van der Waals surface area contributed by atoms with Gasteiger partial charge in [-0.3, -0.25) is 0 Å². The molecule has 1 heterocycles. The smallest absolute Gasteiger partial charge is 0.125 e. The molecule has 0 bridgehead atoms. The number of halogens is 1. The molecule has 0 amide bonds. The van der Waals surface area contributed by atoms with Crippen molar-refractivity contribution in [2.45, 2.75) is 13.0 Å². The lowest BCUT2D eigenvalue weighted by molar-refractivity contribution is 0.490. The Morgan fingerprint density at radius 1 is 1.20 bits per heavy atom. The third-order valence-electron chi connectivity index (χ3n) is 2.20. The minimum atomic E-state index is 0.182. The van der Waals surface area contributed by atoms with Crippen molar-refractivity contribution in [1.82, 2.24) is 0 Å². The van der Waals surface area contributed by atoms with Gasteiger partial charge in [-0.05, 0) is 43.3 Å². The molecule has 0 saturated carbocycles. The maximum Gasteiger partial charge on any atom is 0.125 e. The molecule has 0 spiro atoms. The van der Waals surface area contributed by atoms with Crippen LogP contribution < -0.4 is 5.32 Å². The fourth-order valence-electron chi connectivity index (χ4n) is 1.40.